The first kappa shape index (κ1) is 12.6. The lowest BCUT2D eigenvalue weighted by Crippen LogP contribution is -2.11. The zero-order valence-corrected chi connectivity index (χ0v) is 10.6. The Balaban J connectivity index is 2.02. The predicted molar refractivity (Wildman–Crippen MR) is 69.9 cm³/mol. The second-order valence-electron chi connectivity index (χ2n) is 4.33. The van der Waals surface area contributed by atoms with Gasteiger partial charge in [-0.2, -0.15) is 5.26 Å². The van der Waals surface area contributed by atoms with Crippen molar-refractivity contribution in [3.05, 3.63) is 18.2 Å². The summed E-state index contributed by atoms with van der Waals surface area (Å²) < 4.78 is 11.2. The average Bonchev–Trinajstić information content (AvgIpc) is 2.64. The van der Waals surface area contributed by atoms with Crippen LogP contribution in [0.15, 0.2) is 18.2 Å². The first-order chi connectivity index (χ1) is 8.83. The van der Waals surface area contributed by atoms with Crippen molar-refractivity contribution >= 4 is 5.69 Å². The van der Waals surface area contributed by atoms with Crippen LogP contribution in [-0.2, 0) is 0 Å². The summed E-state index contributed by atoms with van der Waals surface area (Å²) in [6, 6.07) is 8.08. The highest BCUT2D eigenvalue weighted by Crippen LogP contribution is 2.32. The van der Waals surface area contributed by atoms with Gasteiger partial charge in [0, 0.05) is 24.7 Å². The van der Waals surface area contributed by atoms with Crippen LogP contribution in [0.3, 0.4) is 0 Å². The van der Waals surface area contributed by atoms with Crippen molar-refractivity contribution in [1.29, 1.82) is 5.26 Å². The monoisotopic (exact) mass is 246 g/mol. The summed E-state index contributed by atoms with van der Waals surface area (Å²) in [7, 11) is 0. The molecule has 0 aromatic heterocycles. The predicted octanol–water partition coefficient (Wildman–Crippen LogP) is 2.81. The lowest BCUT2D eigenvalue weighted by atomic mass is 10.1. The fraction of sp³-hybridized carbons (Fsp3) is 0.500. The minimum absolute atomic E-state index is 0.0426. The van der Waals surface area contributed by atoms with Crippen LogP contribution in [0.1, 0.15) is 19.8 Å². The number of fused-ring (bicyclic) bond motifs is 1. The summed E-state index contributed by atoms with van der Waals surface area (Å²) >= 11 is 0. The molecular formula is C14H18N2O2. The summed E-state index contributed by atoms with van der Waals surface area (Å²) in [4.78, 5) is 0. The maximum Gasteiger partial charge on any atom is 0.163 e. The molecular weight excluding hydrogens is 228 g/mol. The minimum Gasteiger partial charge on any atom is -0.490 e. The van der Waals surface area contributed by atoms with E-state index in [2.05, 4.69) is 11.4 Å². The Morgan fingerprint density at radius 2 is 2.11 bits per heavy atom. The van der Waals surface area contributed by atoms with E-state index < -0.39 is 0 Å². The largest absolute Gasteiger partial charge is 0.490 e. The Labute approximate surface area is 108 Å². The van der Waals surface area contributed by atoms with Gasteiger partial charge in [0.05, 0.1) is 25.2 Å². The molecule has 0 saturated heterocycles. The average molecular weight is 246 g/mol. The summed E-state index contributed by atoms with van der Waals surface area (Å²) in [5, 5.41) is 12.2. The quantitative estimate of drug-likeness (QED) is 0.887. The van der Waals surface area contributed by atoms with Crippen LogP contribution >= 0.6 is 0 Å². The van der Waals surface area contributed by atoms with E-state index in [0.717, 1.165) is 30.0 Å². The van der Waals surface area contributed by atoms with Crippen LogP contribution in [0.4, 0.5) is 5.69 Å². The zero-order chi connectivity index (χ0) is 12.8. The first-order valence-electron chi connectivity index (χ1n) is 6.36. The fourth-order valence-electron chi connectivity index (χ4n) is 1.80. The van der Waals surface area contributed by atoms with Crippen LogP contribution in [0.25, 0.3) is 0 Å². The smallest absolute Gasteiger partial charge is 0.163 e. The van der Waals surface area contributed by atoms with E-state index in [4.69, 9.17) is 14.7 Å². The molecule has 1 atom stereocenters. The maximum absolute atomic E-state index is 8.90. The number of hydrogen-bond donors (Lipinski definition) is 1. The van der Waals surface area contributed by atoms with Crippen LogP contribution in [0.2, 0.25) is 0 Å². The number of nitriles is 1. The fourth-order valence-corrected chi connectivity index (χ4v) is 1.80. The Morgan fingerprint density at radius 3 is 2.83 bits per heavy atom. The molecule has 1 unspecified atom stereocenters. The van der Waals surface area contributed by atoms with Gasteiger partial charge in [-0.1, -0.05) is 6.92 Å². The number of anilines is 1. The SMILES string of the molecule is CCC(C#N)CNc1ccc2c(c1)OCCCO2. The summed E-state index contributed by atoms with van der Waals surface area (Å²) in [6.07, 6.45) is 1.76. The molecule has 0 fully saturated rings. The van der Waals surface area contributed by atoms with Gasteiger partial charge >= 0.3 is 0 Å². The van der Waals surface area contributed by atoms with E-state index in [0.29, 0.717) is 19.8 Å². The zero-order valence-electron chi connectivity index (χ0n) is 10.6. The van der Waals surface area contributed by atoms with Crippen molar-refractivity contribution < 1.29 is 9.47 Å². The van der Waals surface area contributed by atoms with Crippen molar-refractivity contribution in [3.63, 3.8) is 0 Å². The van der Waals surface area contributed by atoms with E-state index in [9.17, 15) is 0 Å². The highest BCUT2D eigenvalue weighted by atomic mass is 16.5. The van der Waals surface area contributed by atoms with Crippen molar-refractivity contribution in [2.45, 2.75) is 19.8 Å². The molecule has 18 heavy (non-hydrogen) atoms. The Kier molecular flexibility index (Phi) is 4.30. The van der Waals surface area contributed by atoms with Crippen molar-refractivity contribution in [2.75, 3.05) is 25.1 Å². The lowest BCUT2D eigenvalue weighted by molar-refractivity contribution is 0.297. The van der Waals surface area contributed by atoms with E-state index in [1.807, 2.05) is 25.1 Å². The first-order valence-corrected chi connectivity index (χ1v) is 6.36. The molecule has 1 aliphatic rings. The highest BCUT2D eigenvalue weighted by Gasteiger charge is 2.11. The summed E-state index contributed by atoms with van der Waals surface area (Å²) in [5.41, 5.74) is 0.966. The molecule has 1 heterocycles. The van der Waals surface area contributed by atoms with E-state index in [1.165, 1.54) is 0 Å². The third kappa shape index (κ3) is 3.07. The maximum atomic E-state index is 8.90. The third-order valence-electron chi connectivity index (χ3n) is 2.98. The standard InChI is InChI=1S/C14H18N2O2/c1-2-11(9-15)10-16-12-4-5-13-14(8-12)18-7-3-6-17-13/h4-5,8,11,16H,2-3,6-7,10H2,1H3. The Morgan fingerprint density at radius 1 is 1.33 bits per heavy atom. The molecule has 0 spiro atoms. The van der Waals surface area contributed by atoms with Gasteiger partial charge in [0.1, 0.15) is 0 Å². The van der Waals surface area contributed by atoms with Crippen LogP contribution in [-0.4, -0.2) is 19.8 Å². The van der Waals surface area contributed by atoms with Gasteiger partial charge < -0.3 is 14.8 Å². The molecule has 0 amide bonds. The van der Waals surface area contributed by atoms with Gasteiger partial charge in [0.2, 0.25) is 0 Å². The molecule has 0 bridgehead atoms. The molecule has 0 radical (unpaired) electrons. The molecule has 1 N–H and O–H groups in total. The molecule has 1 aromatic rings. The van der Waals surface area contributed by atoms with E-state index >= 15 is 0 Å². The molecule has 1 aromatic carbocycles. The lowest BCUT2D eigenvalue weighted by Gasteiger charge is -2.12. The van der Waals surface area contributed by atoms with Gasteiger partial charge in [0.25, 0.3) is 0 Å². The van der Waals surface area contributed by atoms with E-state index in [-0.39, 0.29) is 5.92 Å². The molecule has 0 saturated carbocycles. The number of nitrogens with zero attached hydrogens (tertiary/aromatic N) is 1. The second-order valence-corrected chi connectivity index (χ2v) is 4.33. The summed E-state index contributed by atoms with van der Waals surface area (Å²) in [6.45, 7) is 4.06. The van der Waals surface area contributed by atoms with Crippen molar-refractivity contribution in [3.8, 4) is 17.6 Å². The summed E-state index contributed by atoms with van der Waals surface area (Å²) in [5.74, 6) is 1.62. The number of ether oxygens (including phenoxy) is 2. The number of rotatable bonds is 4. The molecule has 0 aliphatic carbocycles. The third-order valence-corrected chi connectivity index (χ3v) is 2.98. The van der Waals surface area contributed by atoms with E-state index in [1.54, 1.807) is 0 Å². The molecule has 2 rings (SSSR count). The number of nitrogens with one attached hydrogen (secondary N) is 1. The molecule has 96 valence electrons. The van der Waals surface area contributed by atoms with Crippen LogP contribution in [0.5, 0.6) is 11.5 Å². The highest BCUT2D eigenvalue weighted by molar-refractivity contribution is 5.55. The normalized spacial score (nSPS) is 15.3. The molecule has 4 nitrogen and oxygen atoms in total. The van der Waals surface area contributed by atoms with Gasteiger partial charge in [-0.25, -0.2) is 0 Å². The van der Waals surface area contributed by atoms with Gasteiger partial charge in [0.15, 0.2) is 11.5 Å². The van der Waals surface area contributed by atoms with Crippen LogP contribution in [0, 0.1) is 17.2 Å². The molecule has 4 heteroatoms. The number of benzene rings is 1. The van der Waals surface area contributed by atoms with Crippen molar-refractivity contribution in [2.24, 2.45) is 5.92 Å². The number of hydrogen-bond acceptors (Lipinski definition) is 4. The Hall–Kier alpha value is -1.89. The Bertz CT molecular complexity index is 440. The molecule has 1 aliphatic heterocycles. The van der Waals surface area contributed by atoms with Crippen molar-refractivity contribution in [1.82, 2.24) is 0 Å². The topological polar surface area (TPSA) is 54.3 Å². The van der Waals surface area contributed by atoms with Gasteiger partial charge in [-0.05, 0) is 18.6 Å². The van der Waals surface area contributed by atoms with Gasteiger partial charge in [-0.15, -0.1) is 0 Å². The van der Waals surface area contributed by atoms with Gasteiger partial charge in [-0.3, -0.25) is 0 Å². The second kappa shape index (κ2) is 6.15. The van der Waals surface area contributed by atoms with Crippen LogP contribution < -0.4 is 14.8 Å². The minimum atomic E-state index is 0.0426.